The molecule has 0 aliphatic heterocycles. The van der Waals surface area contributed by atoms with Gasteiger partial charge in [0.25, 0.3) is 0 Å². The van der Waals surface area contributed by atoms with E-state index >= 15 is 0 Å². The Hall–Kier alpha value is -1.57. The monoisotopic (exact) mass is 488 g/mol. The van der Waals surface area contributed by atoms with Gasteiger partial charge >= 0.3 is 171 Å². The standard InChI is InChI=1S/C30H49O3P/c1-2-3-4-5-6-7-8-9-10-11-12-13-14-15-16-23-28-34(31,32-29-24-19-17-20-25-29)33-30-26-21-18-22-27-30/h17-22,24-27,31,34H,2-16,23,28H2,1H3. The van der Waals surface area contributed by atoms with Crippen LogP contribution in [0.5, 0.6) is 11.5 Å². The molecule has 0 aliphatic rings. The molecule has 2 aromatic rings. The minimum absolute atomic E-state index is 0.579. The summed E-state index contributed by atoms with van der Waals surface area (Å²) < 4.78 is 12.0. The quantitative estimate of drug-likeness (QED) is 0.140. The molecular formula is C30H49O3P. The molecule has 0 aromatic heterocycles. The van der Waals surface area contributed by atoms with Crippen molar-refractivity contribution in [2.24, 2.45) is 0 Å². The first-order chi connectivity index (χ1) is 16.7. The van der Waals surface area contributed by atoms with E-state index in [0.29, 0.717) is 17.7 Å². The normalized spacial score (nSPS) is 11.9. The first-order valence-electron chi connectivity index (χ1n) is 13.9. The van der Waals surface area contributed by atoms with Crippen molar-refractivity contribution in [3.8, 4) is 11.5 Å². The molecule has 4 heteroatoms. The predicted molar refractivity (Wildman–Crippen MR) is 149 cm³/mol. The van der Waals surface area contributed by atoms with Crippen molar-refractivity contribution in [1.82, 2.24) is 0 Å². The molecule has 34 heavy (non-hydrogen) atoms. The molecule has 0 atom stereocenters. The van der Waals surface area contributed by atoms with Crippen LogP contribution in [0.4, 0.5) is 0 Å². The summed E-state index contributed by atoms with van der Waals surface area (Å²) in [5, 5.41) is 0. The van der Waals surface area contributed by atoms with Crippen molar-refractivity contribution in [2.75, 3.05) is 6.16 Å². The van der Waals surface area contributed by atoms with Crippen molar-refractivity contribution < 1.29 is 13.9 Å². The van der Waals surface area contributed by atoms with Gasteiger partial charge in [0, 0.05) is 0 Å². The molecule has 0 saturated heterocycles. The van der Waals surface area contributed by atoms with E-state index in [-0.39, 0.29) is 0 Å². The van der Waals surface area contributed by atoms with Crippen LogP contribution in [0.25, 0.3) is 0 Å². The van der Waals surface area contributed by atoms with E-state index in [0.717, 1.165) is 12.8 Å². The average molecular weight is 489 g/mol. The second-order valence-electron chi connectivity index (χ2n) is 9.60. The van der Waals surface area contributed by atoms with E-state index in [4.69, 9.17) is 9.05 Å². The Morgan fingerprint density at radius 1 is 0.500 bits per heavy atom. The number of hydrogen-bond acceptors (Lipinski definition) is 3. The van der Waals surface area contributed by atoms with Gasteiger partial charge in [-0.05, 0) is 0 Å². The van der Waals surface area contributed by atoms with Crippen molar-refractivity contribution in [3.05, 3.63) is 60.7 Å². The molecule has 0 aliphatic carbocycles. The number of unbranched alkanes of at least 4 members (excludes halogenated alkanes) is 15. The predicted octanol–water partition coefficient (Wildman–Crippen LogP) is 9.89. The van der Waals surface area contributed by atoms with Crippen LogP contribution < -0.4 is 9.05 Å². The van der Waals surface area contributed by atoms with Gasteiger partial charge in [0.2, 0.25) is 0 Å². The fourth-order valence-corrected chi connectivity index (χ4v) is 6.32. The Balaban J connectivity index is 1.53. The van der Waals surface area contributed by atoms with Crippen LogP contribution in [0.15, 0.2) is 60.7 Å². The summed E-state index contributed by atoms with van der Waals surface area (Å²) >= 11 is 0. The van der Waals surface area contributed by atoms with Crippen molar-refractivity contribution in [2.45, 2.75) is 110 Å². The Bertz CT molecular complexity index is 666. The van der Waals surface area contributed by atoms with E-state index in [1.165, 1.54) is 89.9 Å². The third kappa shape index (κ3) is 14.0. The fourth-order valence-electron chi connectivity index (χ4n) is 4.36. The Morgan fingerprint density at radius 3 is 1.18 bits per heavy atom. The Kier molecular flexibility index (Phi) is 15.8. The molecule has 0 amide bonds. The molecule has 0 fully saturated rings. The van der Waals surface area contributed by atoms with Crippen LogP contribution in [0.3, 0.4) is 0 Å². The summed E-state index contributed by atoms with van der Waals surface area (Å²) in [6, 6.07) is 19.1. The average Bonchev–Trinajstić information content (AvgIpc) is 2.85. The third-order valence-corrected chi connectivity index (χ3v) is 8.48. The van der Waals surface area contributed by atoms with E-state index < -0.39 is 7.94 Å². The number of rotatable bonds is 21. The molecule has 0 unspecified atom stereocenters. The SMILES string of the molecule is CCCCCCCCCCCCCCCCCC[PH](O)(Oc1ccccc1)Oc1ccccc1. The maximum atomic E-state index is 11.2. The molecule has 0 saturated carbocycles. The van der Waals surface area contributed by atoms with Crippen LogP contribution in [-0.2, 0) is 0 Å². The van der Waals surface area contributed by atoms with Crippen molar-refractivity contribution >= 4 is 7.94 Å². The molecule has 0 spiro atoms. The number of para-hydroxylation sites is 2. The second kappa shape index (κ2) is 18.7. The summed E-state index contributed by atoms with van der Waals surface area (Å²) in [4.78, 5) is 11.2. The van der Waals surface area contributed by atoms with Crippen molar-refractivity contribution in [3.63, 3.8) is 0 Å². The van der Waals surface area contributed by atoms with E-state index in [1.54, 1.807) is 0 Å². The molecule has 2 rings (SSSR count). The van der Waals surface area contributed by atoms with Gasteiger partial charge in [-0.1, -0.05) is 39.0 Å². The van der Waals surface area contributed by atoms with E-state index in [2.05, 4.69) is 6.92 Å². The van der Waals surface area contributed by atoms with E-state index in [9.17, 15) is 4.89 Å². The van der Waals surface area contributed by atoms with Gasteiger partial charge in [-0.2, -0.15) is 0 Å². The summed E-state index contributed by atoms with van der Waals surface area (Å²) in [6.07, 6.45) is 21.9. The van der Waals surface area contributed by atoms with Gasteiger partial charge in [0.15, 0.2) is 0 Å². The molecule has 2 aromatic carbocycles. The third-order valence-electron chi connectivity index (χ3n) is 6.39. The van der Waals surface area contributed by atoms with Gasteiger partial charge in [-0.15, -0.1) is 0 Å². The van der Waals surface area contributed by atoms with Gasteiger partial charge in [0.05, 0.1) is 0 Å². The molecule has 0 heterocycles. The van der Waals surface area contributed by atoms with Crippen LogP contribution in [0, 0.1) is 0 Å². The summed E-state index contributed by atoms with van der Waals surface area (Å²) in [5.41, 5.74) is 0. The Labute approximate surface area is 209 Å². The zero-order chi connectivity index (χ0) is 24.2. The number of benzene rings is 2. The first-order valence-corrected chi connectivity index (χ1v) is 15.9. The van der Waals surface area contributed by atoms with Crippen molar-refractivity contribution in [1.29, 1.82) is 0 Å². The summed E-state index contributed by atoms with van der Waals surface area (Å²) in [7, 11) is -3.34. The van der Waals surface area contributed by atoms with Crippen LogP contribution in [-0.4, -0.2) is 11.1 Å². The molecule has 0 bridgehead atoms. The van der Waals surface area contributed by atoms with Gasteiger partial charge in [-0.3, -0.25) is 0 Å². The molecule has 192 valence electrons. The topological polar surface area (TPSA) is 38.7 Å². The maximum absolute atomic E-state index is 11.2. The summed E-state index contributed by atoms with van der Waals surface area (Å²) in [6.45, 7) is 2.28. The van der Waals surface area contributed by atoms with Crippen LogP contribution in [0.2, 0.25) is 0 Å². The van der Waals surface area contributed by atoms with Crippen LogP contribution >= 0.6 is 7.94 Å². The molecular weight excluding hydrogens is 439 g/mol. The number of hydrogen-bond donors (Lipinski definition) is 1. The zero-order valence-electron chi connectivity index (χ0n) is 21.6. The zero-order valence-corrected chi connectivity index (χ0v) is 22.6. The fraction of sp³-hybridized carbons (Fsp3) is 0.600. The molecule has 0 radical (unpaired) electrons. The Morgan fingerprint density at radius 2 is 0.824 bits per heavy atom. The van der Waals surface area contributed by atoms with Gasteiger partial charge in [-0.25, -0.2) is 0 Å². The second-order valence-corrected chi connectivity index (χ2v) is 11.9. The van der Waals surface area contributed by atoms with E-state index in [1.807, 2.05) is 60.7 Å². The minimum atomic E-state index is -3.34. The van der Waals surface area contributed by atoms with Crippen LogP contribution in [0.1, 0.15) is 110 Å². The molecule has 3 nitrogen and oxygen atoms in total. The van der Waals surface area contributed by atoms with Gasteiger partial charge in [0.1, 0.15) is 0 Å². The summed E-state index contributed by atoms with van der Waals surface area (Å²) in [5.74, 6) is 1.34. The van der Waals surface area contributed by atoms with Gasteiger partial charge < -0.3 is 0 Å². The molecule has 1 N–H and O–H groups in total. The first kappa shape index (κ1) is 28.7.